The number of aryl methyl sites for hydroxylation is 1. The monoisotopic (exact) mass is 417 g/mol. The Hall–Kier alpha value is -2.24. The highest BCUT2D eigenvalue weighted by atomic mass is 32.2. The zero-order valence-corrected chi connectivity index (χ0v) is 16.8. The molecule has 0 fully saturated rings. The fraction of sp³-hybridized carbons (Fsp3) is 0.375. The molecule has 0 saturated carbocycles. The van der Waals surface area contributed by atoms with Crippen LogP contribution in [0.2, 0.25) is 0 Å². The van der Waals surface area contributed by atoms with Crippen LogP contribution < -0.4 is 11.5 Å². The lowest BCUT2D eigenvalue weighted by Gasteiger charge is -2.16. The Morgan fingerprint density at radius 2 is 1.74 bits per heavy atom. The van der Waals surface area contributed by atoms with E-state index < -0.39 is 25.9 Å². The third-order valence-electron chi connectivity index (χ3n) is 3.63. The molecule has 0 spiro atoms. The molecule has 1 aromatic carbocycles. The lowest BCUT2D eigenvalue weighted by atomic mass is 9.94. The number of amides is 1. The third kappa shape index (κ3) is 7.49. The SMILES string of the molecule is CS(=O)(=O)O.Cc1cc(C2C=CCC2)c(S(C)(=O)=O)cc1C(=O)N=C(N)N. The van der Waals surface area contributed by atoms with Crippen molar-refractivity contribution in [2.45, 2.75) is 30.6 Å². The minimum atomic E-state index is -3.67. The number of nitrogens with two attached hydrogens (primary N) is 2. The van der Waals surface area contributed by atoms with Gasteiger partial charge in [0.2, 0.25) is 0 Å². The predicted octanol–water partition coefficient (Wildman–Crippen LogP) is 0.750. The summed E-state index contributed by atoms with van der Waals surface area (Å²) in [4.78, 5) is 15.7. The smallest absolute Gasteiger partial charge is 0.280 e. The fourth-order valence-corrected chi connectivity index (χ4v) is 3.59. The van der Waals surface area contributed by atoms with Crippen molar-refractivity contribution in [3.8, 4) is 0 Å². The van der Waals surface area contributed by atoms with Crippen molar-refractivity contribution in [3.63, 3.8) is 0 Å². The van der Waals surface area contributed by atoms with E-state index in [1.807, 2.05) is 12.2 Å². The van der Waals surface area contributed by atoms with Crippen molar-refractivity contribution >= 4 is 31.8 Å². The van der Waals surface area contributed by atoms with Crippen LogP contribution in [0.4, 0.5) is 0 Å². The maximum Gasteiger partial charge on any atom is 0.280 e. The van der Waals surface area contributed by atoms with Crippen molar-refractivity contribution in [1.82, 2.24) is 0 Å². The van der Waals surface area contributed by atoms with E-state index in [9.17, 15) is 21.6 Å². The first kappa shape index (κ1) is 22.8. The maximum absolute atomic E-state index is 12.1. The largest absolute Gasteiger partial charge is 0.370 e. The summed E-state index contributed by atoms with van der Waals surface area (Å²) in [5.74, 6) is -0.945. The van der Waals surface area contributed by atoms with E-state index in [0.717, 1.165) is 24.7 Å². The number of sulfone groups is 1. The summed E-state index contributed by atoms with van der Waals surface area (Å²) in [6, 6.07) is 3.12. The highest BCUT2D eigenvalue weighted by Gasteiger charge is 2.24. The molecule has 1 aliphatic carbocycles. The van der Waals surface area contributed by atoms with Gasteiger partial charge in [-0.2, -0.15) is 13.4 Å². The lowest BCUT2D eigenvalue weighted by Crippen LogP contribution is -2.24. The number of hydrogen-bond donors (Lipinski definition) is 3. The number of rotatable bonds is 3. The van der Waals surface area contributed by atoms with Gasteiger partial charge in [-0.25, -0.2) is 8.42 Å². The second-order valence-corrected chi connectivity index (χ2v) is 9.61. The Morgan fingerprint density at radius 1 is 1.19 bits per heavy atom. The predicted molar refractivity (Wildman–Crippen MR) is 103 cm³/mol. The van der Waals surface area contributed by atoms with Crippen molar-refractivity contribution in [3.05, 3.63) is 41.0 Å². The van der Waals surface area contributed by atoms with Gasteiger partial charge in [0.1, 0.15) is 0 Å². The van der Waals surface area contributed by atoms with Gasteiger partial charge in [-0.1, -0.05) is 18.2 Å². The number of carbonyl (C=O) groups excluding carboxylic acids is 1. The van der Waals surface area contributed by atoms with Crippen molar-refractivity contribution < 1.29 is 26.2 Å². The summed E-state index contributed by atoms with van der Waals surface area (Å²) in [5, 5.41) is 0. The quantitative estimate of drug-likeness (QED) is 0.280. The zero-order valence-electron chi connectivity index (χ0n) is 15.2. The summed E-state index contributed by atoms with van der Waals surface area (Å²) >= 11 is 0. The molecular formula is C16H23N3O6S2. The molecule has 1 aromatic rings. The van der Waals surface area contributed by atoms with E-state index in [2.05, 4.69) is 4.99 Å². The normalized spacial score (nSPS) is 16.4. The molecule has 1 unspecified atom stereocenters. The lowest BCUT2D eigenvalue weighted by molar-refractivity contribution is 0.100. The van der Waals surface area contributed by atoms with Gasteiger partial charge in [-0.15, -0.1) is 0 Å². The van der Waals surface area contributed by atoms with Crippen LogP contribution >= 0.6 is 0 Å². The first-order chi connectivity index (χ1) is 12.2. The Labute approximate surface area is 158 Å². The molecule has 0 saturated heterocycles. The van der Waals surface area contributed by atoms with E-state index >= 15 is 0 Å². The molecule has 1 aliphatic rings. The van der Waals surface area contributed by atoms with Crippen LogP contribution in [0.1, 0.15) is 40.2 Å². The summed E-state index contributed by atoms with van der Waals surface area (Å²) in [7, 11) is -7.14. The average molecular weight is 418 g/mol. The summed E-state index contributed by atoms with van der Waals surface area (Å²) in [6.07, 6.45) is 7.66. The Kier molecular flexibility index (Phi) is 7.29. The number of benzene rings is 1. The number of nitrogens with zero attached hydrogens (tertiary/aromatic N) is 1. The second-order valence-electron chi connectivity index (χ2n) is 6.16. The molecule has 0 aromatic heterocycles. The van der Waals surface area contributed by atoms with Crippen LogP contribution in [0.5, 0.6) is 0 Å². The van der Waals surface area contributed by atoms with Crippen molar-refractivity contribution in [1.29, 1.82) is 0 Å². The van der Waals surface area contributed by atoms with Crippen LogP contribution in [-0.4, -0.2) is 45.8 Å². The molecular weight excluding hydrogens is 394 g/mol. The van der Waals surface area contributed by atoms with Gasteiger partial charge in [-0.05, 0) is 37.0 Å². The molecule has 150 valence electrons. The number of allylic oxidation sites excluding steroid dienone is 2. The number of hydrogen-bond acceptors (Lipinski definition) is 5. The minimum Gasteiger partial charge on any atom is -0.370 e. The first-order valence-corrected chi connectivity index (χ1v) is 11.5. The third-order valence-corrected chi connectivity index (χ3v) is 4.78. The summed E-state index contributed by atoms with van der Waals surface area (Å²) in [5.41, 5.74) is 12.0. The standard InChI is InChI=1S/C15H19N3O3S.CH4O3S/c1-9-7-12(10-5-3-4-6-10)13(22(2,20)21)8-11(9)14(19)18-15(16)17;1-5(2,3)4/h3,5,7-8,10H,4,6H2,1-2H3,(H4,16,17,18,19);1H3,(H,2,3,4). The van der Waals surface area contributed by atoms with Gasteiger partial charge in [0.05, 0.1) is 11.2 Å². The van der Waals surface area contributed by atoms with Gasteiger partial charge < -0.3 is 11.5 Å². The van der Waals surface area contributed by atoms with Gasteiger partial charge >= 0.3 is 0 Å². The first-order valence-electron chi connectivity index (χ1n) is 7.78. The summed E-state index contributed by atoms with van der Waals surface area (Å²) < 4.78 is 50.1. The van der Waals surface area contributed by atoms with E-state index in [0.29, 0.717) is 11.8 Å². The second kappa shape index (κ2) is 8.63. The van der Waals surface area contributed by atoms with Gasteiger partial charge in [0, 0.05) is 17.7 Å². The fourth-order valence-electron chi connectivity index (χ4n) is 2.62. The molecule has 27 heavy (non-hydrogen) atoms. The minimum absolute atomic E-state index is 0.0515. The topological polar surface area (TPSA) is 170 Å². The number of carbonyl (C=O) groups is 1. The molecule has 0 radical (unpaired) electrons. The molecule has 0 heterocycles. The van der Waals surface area contributed by atoms with E-state index in [-0.39, 0.29) is 22.3 Å². The van der Waals surface area contributed by atoms with Gasteiger partial charge in [0.25, 0.3) is 16.0 Å². The van der Waals surface area contributed by atoms with Crippen molar-refractivity contribution in [2.75, 3.05) is 12.5 Å². The van der Waals surface area contributed by atoms with Crippen LogP contribution in [0, 0.1) is 6.92 Å². The molecule has 1 atom stereocenters. The Bertz CT molecular complexity index is 983. The van der Waals surface area contributed by atoms with Crippen LogP contribution in [0.15, 0.2) is 34.2 Å². The van der Waals surface area contributed by atoms with E-state index in [4.69, 9.17) is 16.0 Å². The summed E-state index contributed by atoms with van der Waals surface area (Å²) in [6.45, 7) is 1.74. The molecule has 1 amide bonds. The highest BCUT2D eigenvalue weighted by molar-refractivity contribution is 7.90. The Morgan fingerprint density at radius 3 is 2.15 bits per heavy atom. The van der Waals surface area contributed by atoms with Crippen LogP contribution in [0.3, 0.4) is 0 Å². The highest BCUT2D eigenvalue weighted by Crippen LogP contribution is 2.34. The average Bonchev–Trinajstić information content (AvgIpc) is 2.96. The van der Waals surface area contributed by atoms with Crippen molar-refractivity contribution in [2.24, 2.45) is 16.5 Å². The molecule has 2 rings (SSSR count). The van der Waals surface area contributed by atoms with Gasteiger partial charge in [0.15, 0.2) is 15.8 Å². The number of aliphatic imine (C=N–C) groups is 1. The molecule has 0 bridgehead atoms. The maximum atomic E-state index is 12.1. The van der Waals surface area contributed by atoms with E-state index in [1.54, 1.807) is 13.0 Å². The van der Waals surface area contributed by atoms with Gasteiger partial charge in [-0.3, -0.25) is 9.35 Å². The van der Waals surface area contributed by atoms with E-state index in [1.165, 1.54) is 6.07 Å². The zero-order chi connectivity index (χ0) is 21.0. The molecule has 9 nitrogen and oxygen atoms in total. The number of guanidine groups is 1. The molecule has 0 aliphatic heterocycles. The van der Waals surface area contributed by atoms with Crippen LogP contribution in [0.25, 0.3) is 0 Å². The molecule has 5 N–H and O–H groups in total. The van der Waals surface area contributed by atoms with Crippen LogP contribution in [-0.2, 0) is 20.0 Å². The Balaban J connectivity index is 0.000000646. The molecule has 11 heteroatoms.